The topological polar surface area (TPSA) is 71.5 Å². The van der Waals surface area contributed by atoms with E-state index in [1.54, 1.807) is 6.20 Å². The summed E-state index contributed by atoms with van der Waals surface area (Å²) in [5.41, 5.74) is 7.26. The number of nitrogens with two attached hydrogens (primary N) is 1. The number of nitrogens with zero attached hydrogens (tertiary/aromatic N) is 2. The van der Waals surface area contributed by atoms with Gasteiger partial charge >= 0.3 is 0 Å². The highest BCUT2D eigenvalue weighted by atomic mass is 32.2. The zero-order valence-corrected chi connectivity index (χ0v) is 11.2. The van der Waals surface area contributed by atoms with Gasteiger partial charge < -0.3 is 10.9 Å². The monoisotopic (exact) mass is 265 g/mol. The Balaban J connectivity index is 1.92. The molecule has 1 aromatic heterocycles. The van der Waals surface area contributed by atoms with E-state index >= 15 is 0 Å². The standard InChI is InChI=1S/C13H19N3OS/c14-13(16-17)12-8-10(6-7-15-12)9-18-11-4-2-1-3-5-11/h6-8,11,17H,1-5,9H2,(H2,14,16). The summed E-state index contributed by atoms with van der Waals surface area (Å²) in [6.07, 6.45) is 8.50. The second-order valence-electron chi connectivity index (χ2n) is 4.61. The molecule has 4 nitrogen and oxygen atoms in total. The number of rotatable bonds is 4. The van der Waals surface area contributed by atoms with E-state index in [9.17, 15) is 0 Å². The number of hydrogen-bond donors (Lipinski definition) is 2. The van der Waals surface area contributed by atoms with Gasteiger partial charge in [-0.15, -0.1) is 0 Å². The molecule has 1 aliphatic rings. The number of hydrogen-bond acceptors (Lipinski definition) is 4. The highest BCUT2D eigenvalue weighted by Gasteiger charge is 2.13. The fraction of sp³-hybridized carbons (Fsp3) is 0.538. The molecule has 0 radical (unpaired) electrons. The van der Waals surface area contributed by atoms with Crippen LogP contribution in [0.2, 0.25) is 0 Å². The predicted molar refractivity (Wildman–Crippen MR) is 74.9 cm³/mol. The van der Waals surface area contributed by atoms with Crippen LogP contribution in [0.5, 0.6) is 0 Å². The van der Waals surface area contributed by atoms with Crippen LogP contribution in [0, 0.1) is 0 Å². The maximum absolute atomic E-state index is 8.63. The minimum Gasteiger partial charge on any atom is -0.409 e. The van der Waals surface area contributed by atoms with E-state index in [1.807, 2.05) is 23.9 Å². The third-order valence-corrected chi connectivity index (χ3v) is 4.68. The Labute approximate surface area is 112 Å². The summed E-state index contributed by atoms with van der Waals surface area (Å²) in [4.78, 5) is 4.08. The van der Waals surface area contributed by atoms with Crippen molar-refractivity contribution in [3.8, 4) is 0 Å². The summed E-state index contributed by atoms with van der Waals surface area (Å²) in [6.45, 7) is 0. The lowest BCUT2D eigenvalue weighted by Gasteiger charge is -2.20. The van der Waals surface area contributed by atoms with Crippen LogP contribution in [0.4, 0.5) is 0 Å². The zero-order chi connectivity index (χ0) is 12.8. The molecule has 5 heteroatoms. The SMILES string of the molecule is NC(=NO)c1cc(CSC2CCCCC2)ccn1. The number of oxime groups is 1. The Morgan fingerprint density at radius 1 is 1.44 bits per heavy atom. The van der Waals surface area contributed by atoms with E-state index in [2.05, 4.69) is 10.1 Å². The third kappa shape index (κ3) is 3.63. The van der Waals surface area contributed by atoms with Crippen molar-refractivity contribution >= 4 is 17.6 Å². The number of pyridine rings is 1. The van der Waals surface area contributed by atoms with Crippen molar-refractivity contribution in [1.82, 2.24) is 4.98 Å². The molecule has 0 saturated heterocycles. The lowest BCUT2D eigenvalue weighted by atomic mass is 10.0. The molecule has 1 fully saturated rings. The van der Waals surface area contributed by atoms with Gasteiger partial charge in [-0.25, -0.2) is 0 Å². The second-order valence-corrected chi connectivity index (χ2v) is 5.89. The fourth-order valence-corrected chi connectivity index (χ4v) is 3.48. The molecule has 1 aliphatic carbocycles. The van der Waals surface area contributed by atoms with Crippen molar-refractivity contribution in [2.45, 2.75) is 43.1 Å². The summed E-state index contributed by atoms with van der Waals surface area (Å²) >= 11 is 2.01. The van der Waals surface area contributed by atoms with E-state index in [1.165, 1.54) is 37.7 Å². The molecule has 2 rings (SSSR count). The van der Waals surface area contributed by atoms with Crippen LogP contribution in [-0.2, 0) is 5.75 Å². The Bertz CT molecular complexity index is 416. The minimum atomic E-state index is 0.0690. The van der Waals surface area contributed by atoms with Crippen LogP contribution in [0.3, 0.4) is 0 Å². The second kappa shape index (κ2) is 6.64. The van der Waals surface area contributed by atoms with Crippen LogP contribution < -0.4 is 5.73 Å². The molecule has 0 spiro atoms. The summed E-state index contributed by atoms with van der Waals surface area (Å²) in [5, 5.41) is 12.4. The molecular weight excluding hydrogens is 246 g/mol. The van der Waals surface area contributed by atoms with E-state index < -0.39 is 0 Å². The lowest BCUT2D eigenvalue weighted by molar-refractivity contribution is 0.318. The van der Waals surface area contributed by atoms with Crippen molar-refractivity contribution < 1.29 is 5.21 Å². The molecular formula is C13H19N3OS. The zero-order valence-electron chi connectivity index (χ0n) is 10.4. The molecule has 3 N–H and O–H groups in total. The van der Waals surface area contributed by atoms with Gasteiger partial charge in [0.2, 0.25) is 0 Å². The molecule has 0 aliphatic heterocycles. The molecule has 98 valence electrons. The average molecular weight is 265 g/mol. The largest absolute Gasteiger partial charge is 0.409 e. The van der Waals surface area contributed by atoms with Crippen LogP contribution in [-0.4, -0.2) is 21.3 Å². The van der Waals surface area contributed by atoms with Gasteiger partial charge in [-0.05, 0) is 30.5 Å². The Hall–Kier alpha value is -1.23. The van der Waals surface area contributed by atoms with Crippen molar-refractivity contribution in [3.63, 3.8) is 0 Å². The van der Waals surface area contributed by atoms with Gasteiger partial charge in [-0.3, -0.25) is 4.98 Å². The van der Waals surface area contributed by atoms with Crippen molar-refractivity contribution in [2.24, 2.45) is 10.9 Å². The molecule has 1 saturated carbocycles. The maximum Gasteiger partial charge on any atom is 0.188 e. The highest BCUT2D eigenvalue weighted by molar-refractivity contribution is 7.99. The van der Waals surface area contributed by atoms with Gasteiger partial charge in [0.25, 0.3) is 0 Å². The predicted octanol–water partition coefficient (Wildman–Crippen LogP) is 2.74. The quantitative estimate of drug-likeness (QED) is 0.380. The molecule has 1 heterocycles. The summed E-state index contributed by atoms with van der Waals surface area (Å²) < 4.78 is 0. The Kier molecular flexibility index (Phi) is 4.87. The molecule has 0 unspecified atom stereocenters. The average Bonchev–Trinajstić information content (AvgIpc) is 2.45. The Morgan fingerprint density at radius 2 is 2.22 bits per heavy atom. The highest BCUT2D eigenvalue weighted by Crippen LogP contribution is 2.30. The Morgan fingerprint density at radius 3 is 2.94 bits per heavy atom. The third-order valence-electron chi connectivity index (χ3n) is 3.23. The van der Waals surface area contributed by atoms with Crippen molar-refractivity contribution in [3.05, 3.63) is 29.6 Å². The maximum atomic E-state index is 8.63. The minimum absolute atomic E-state index is 0.0690. The van der Waals surface area contributed by atoms with Gasteiger partial charge in [0, 0.05) is 17.2 Å². The van der Waals surface area contributed by atoms with E-state index in [-0.39, 0.29) is 5.84 Å². The van der Waals surface area contributed by atoms with Crippen LogP contribution in [0.25, 0.3) is 0 Å². The molecule has 0 bridgehead atoms. The first-order valence-electron chi connectivity index (χ1n) is 6.34. The number of amidine groups is 1. The molecule has 0 atom stereocenters. The summed E-state index contributed by atoms with van der Waals surface area (Å²) in [7, 11) is 0. The van der Waals surface area contributed by atoms with Gasteiger partial charge in [0.1, 0.15) is 5.69 Å². The first kappa shape index (κ1) is 13.2. The van der Waals surface area contributed by atoms with Gasteiger partial charge in [0.15, 0.2) is 5.84 Å². The van der Waals surface area contributed by atoms with Gasteiger partial charge in [-0.1, -0.05) is 24.4 Å². The van der Waals surface area contributed by atoms with Gasteiger partial charge in [0.05, 0.1) is 0 Å². The molecule has 1 aromatic rings. The summed E-state index contributed by atoms with van der Waals surface area (Å²) in [5.74, 6) is 1.04. The lowest BCUT2D eigenvalue weighted by Crippen LogP contribution is -2.15. The van der Waals surface area contributed by atoms with Crippen molar-refractivity contribution in [1.29, 1.82) is 0 Å². The molecule has 0 aromatic carbocycles. The van der Waals surface area contributed by atoms with Crippen LogP contribution in [0.15, 0.2) is 23.5 Å². The molecule has 0 amide bonds. The van der Waals surface area contributed by atoms with Crippen LogP contribution in [0.1, 0.15) is 43.4 Å². The normalized spacial score (nSPS) is 17.9. The van der Waals surface area contributed by atoms with E-state index in [0.29, 0.717) is 5.69 Å². The fourth-order valence-electron chi connectivity index (χ4n) is 2.20. The van der Waals surface area contributed by atoms with Gasteiger partial charge in [-0.2, -0.15) is 11.8 Å². The first-order valence-corrected chi connectivity index (χ1v) is 7.39. The van der Waals surface area contributed by atoms with Crippen LogP contribution >= 0.6 is 11.8 Å². The van der Waals surface area contributed by atoms with E-state index in [4.69, 9.17) is 10.9 Å². The number of thioether (sulfide) groups is 1. The smallest absolute Gasteiger partial charge is 0.188 e. The van der Waals surface area contributed by atoms with Crippen molar-refractivity contribution in [2.75, 3.05) is 0 Å². The number of aromatic nitrogens is 1. The van der Waals surface area contributed by atoms with E-state index in [0.717, 1.165) is 11.0 Å². The first-order chi connectivity index (χ1) is 8.79. The summed E-state index contributed by atoms with van der Waals surface area (Å²) in [6, 6.07) is 3.88. The molecule has 18 heavy (non-hydrogen) atoms.